The normalized spacial score (nSPS) is 11.3. The Kier molecular flexibility index (Phi) is 8.33. The second-order valence-corrected chi connectivity index (χ2v) is 9.05. The summed E-state index contributed by atoms with van der Waals surface area (Å²) in [5.41, 5.74) is 2.57. The predicted octanol–water partition coefficient (Wildman–Crippen LogP) is 2.09. The molecule has 2 N–H and O–H groups in total. The summed E-state index contributed by atoms with van der Waals surface area (Å²) in [4.78, 5) is 27.8. The lowest BCUT2D eigenvalue weighted by Crippen LogP contribution is -2.37. The van der Waals surface area contributed by atoms with Gasteiger partial charge in [0.1, 0.15) is 0 Å². The molecule has 0 spiro atoms. The molecule has 0 unspecified atom stereocenters. The zero-order valence-corrected chi connectivity index (χ0v) is 17.5. The first-order valence-corrected chi connectivity index (χ1v) is 11.2. The van der Waals surface area contributed by atoms with Gasteiger partial charge in [0.25, 0.3) is 5.91 Å². The Morgan fingerprint density at radius 1 is 1.07 bits per heavy atom. The molecule has 29 heavy (non-hydrogen) atoms. The number of amides is 2. The molecule has 156 valence electrons. The molecule has 0 aliphatic carbocycles. The summed E-state index contributed by atoms with van der Waals surface area (Å²) in [6.07, 6.45) is 4.39. The van der Waals surface area contributed by atoms with Crippen LogP contribution >= 0.6 is 0 Å². The van der Waals surface area contributed by atoms with Gasteiger partial charge in [0.05, 0.1) is 11.3 Å². The summed E-state index contributed by atoms with van der Waals surface area (Å²) in [6.45, 7) is 4.15. The molecule has 8 heteroatoms. The van der Waals surface area contributed by atoms with Gasteiger partial charge < -0.3 is 5.32 Å². The number of nitrogens with zero attached hydrogens (tertiary/aromatic N) is 1. The molecule has 0 bridgehead atoms. The molecule has 0 atom stereocenters. The molecule has 0 fully saturated rings. The summed E-state index contributed by atoms with van der Waals surface area (Å²) >= 11 is 0. The largest absolute Gasteiger partial charge is 0.351 e. The number of benzene rings is 1. The van der Waals surface area contributed by atoms with Crippen LogP contribution in [-0.2, 0) is 27.7 Å². The van der Waals surface area contributed by atoms with Gasteiger partial charge in [-0.1, -0.05) is 38.1 Å². The molecule has 2 rings (SSSR count). The zero-order valence-electron chi connectivity index (χ0n) is 16.7. The Labute approximate surface area is 172 Å². The number of rotatable bonds is 10. The van der Waals surface area contributed by atoms with Gasteiger partial charge in [0, 0.05) is 25.4 Å². The van der Waals surface area contributed by atoms with Crippen molar-refractivity contribution in [2.75, 3.05) is 12.3 Å². The average molecular weight is 418 g/mol. The second-order valence-electron chi connectivity index (χ2n) is 7.21. The Bertz CT molecular complexity index is 928. The number of carbonyl (C=O) groups is 2. The molecule has 1 heterocycles. The first-order chi connectivity index (χ1) is 13.8. The van der Waals surface area contributed by atoms with Crippen LogP contribution in [0.5, 0.6) is 0 Å². The Hall–Kier alpha value is -2.74. The summed E-state index contributed by atoms with van der Waals surface area (Å²) in [6, 6.07) is 11.1. The maximum atomic E-state index is 12.1. The Morgan fingerprint density at radius 3 is 2.45 bits per heavy atom. The number of carbonyl (C=O) groups excluding carboxylic acids is 2. The van der Waals surface area contributed by atoms with Crippen molar-refractivity contribution in [1.82, 2.24) is 15.0 Å². The summed E-state index contributed by atoms with van der Waals surface area (Å²) in [7, 11) is -3.82. The molecular weight excluding hydrogens is 390 g/mol. The molecule has 2 aromatic rings. The van der Waals surface area contributed by atoms with Crippen LogP contribution in [0.3, 0.4) is 0 Å². The summed E-state index contributed by atoms with van der Waals surface area (Å²) in [5.74, 6) is -0.856. The lowest BCUT2D eigenvalue weighted by Gasteiger charge is -2.12. The molecule has 0 radical (unpaired) electrons. The van der Waals surface area contributed by atoms with Crippen molar-refractivity contribution >= 4 is 21.8 Å². The average Bonchev–Trinajstić information content (AvgIpc) is 2.67. The van der Waals surface area contributed by atoms with Gasteiger partial charge in [-0.25, -0.2) is 8.42 Å². The molecule has 1 aromatic carbocycles. The van der Waals surface area contributed by atoms with E-state index in [1.807, 2.05) is 24.3 Å². The van der Waals surface area contributed by atoms with Gasteiger partial charge in [-0.05, 0) is 42.0 Å². The molecule has 1 aromatic heterocycles. The first kappa shape index (κ1) is 22.5. The third kappa shape index (κ3) is 8.03. The SMILES string of the molecule is CC(C)Cc1ccccc1CCC(=O)NS(=O)(=O)CCNC(=O)c1cccnc1. The fourth-order valence-corrected chi connectivity index (χ4v) is 3.78. The van der Waals surface area contributed by atoms with Crippen molar-refractivity contribution in [3.05, 3.63) is 65.5 Å². The van der Waals surface area contributed by atoms with Crippen molar-refractivity contribution in [2.45, 2.75) is 33.1 Å². The third-order valence-corrected chi connectivity index (χ3v) is 5.50. The minimum atomic E-state index is -3.82. The Morgan fingerprint density at radius 2 is 1.79 bits per heavy atom. The standard InChI is InChI=1S/C21H27N3O4S/c1-16(2)14-18-7-4-3-6-17(18)9-10-20(25)24-29(27,28)13-12-23-21(26)19-8-5-11-22-15-19/h3-8,11,15-16H,9-10,12-14H2,1-2H3,(H,23,26)(H,24,25). The first-order valence-electron chi connectivity index (χ1n) is 9.55. The van der Waals surface area contributed by atoms with E-state index in [1.54, 1.807) is 12.1 Å². The topological polar surface area (TPSA) is 105 Å². The molecule has 0 aliphatic heterocycles. The number of hydrogen-bond acceptors (Lipinski definition) is 5. The summed E-state index contributed by atoms with van der Waals surface area (Å²) in [5, 5.41) is 2.50. The highest BCUT2D eigenvalue weighted by molar-refractivity contribution is 7.90. The van der Waals surface area contributed by atoms with Crippen LogP contribution in [0.2, 0.25) is 0 Å². The van der Waals surface area contributed by atoms with Gasteiger partial charge in [0.2, 0.25) is 15.9 Å². The van der Waals surface area contributed by atoms with E-state index in [0.717, 1.165) is 12.0 Å². The predicted molar refractivity (Wildman–Crippen MR) is 112 cm³/mol. The van der Waals surface area contributed by atoms with E-state index in [9.17, 15) is 18.0 Å². The minimum Gasteiger partial charge on any atom is -0.351 e. The van der Waals surface area contributed by atoms with Crippen LogP contribution in [-0.4, -0.2) is 37.5 Å². The number of sulfonamides is 1. The smallest absolute Gasteiger partial charge is 0.252 e. The number of aryl methyl sites for hydroxylation is 1. The summed E-state index contributed by atoms with van der Waals surface area (Å²) < 4.78 is 26.2. The number of nitrogens with one attached hydrogen (secondary N) is 2. The number of hydrogen-bond donors (Lipinski definition) is 2. The van der Waals surface area contributed by atoms with Gasteiger partial charge in [-0.3, -0.25) is 19.3 Å². The van der Waals surface area contributed by atoms with E-state index in [2.05, 4.69) is 28.9 Å². The fraction of sp³-hybridized carbons (Fsp3) is 0.381. The molecule has 0 saturated carbocycles. The highest BCUT2D eigenvalue weighted by atomic mass is 32.2. The molecular formula is C21H27N3O4S. The highest BCUT2D eigenvalue weighted by Gasteiger charge is 2.16. The van der Waals surface area contributed by atoms with E-state index < -0.39 is 21.8 Å². The van der Waals surface area contributed by atoms with Crippen molar-refractivity contribution in [3.63, 3.8) is 0 Å². The molecule has 0 aliphatic rings. The van der Waals surface area contributed by atoms with Gasteiger partial charge in [-0.2, -0.15) is 0 Å². The van der Waals surface area contributed by atoms with Crippen LogP contribution in [0.1, 0.15) is 41.8 Å². The monoisotopic (exact) mass is 417 g/mol. The maximum Gasteiger partial charge on any atom is 0.252 e. The van der Waals surface area contributed by atoms with E-state index in [0.29, 0.717) is 17.9 Å². The van der Waals surface area contributed by atoms with E-state index in [-0.39, 0.29) is 18.7 Å². The lowest BCUT2D eigenvalue weighted by molar-refractivity contribution is -0.119. The number of aromatic nitrogens is 1. The molecule has 7 nitrogen and oxygen atoms in total. The third-order valence-electron chi connectivity index (χ3n) is 4.22. The van der Waals surface area contributed by atoms with E-state index >= 15 is 0 Å². The van der Waals surface area contributed by atoms with Crippen molar-refractivity contribution in [2.24, 2.45) is 5.92 Å². The quantitative estimate of drug-likeness (QED) is 0.616. The van der Waals surface area contributed by atoms with Gasteiger partial charge in [-0.15, -0.1) is 0 Å². The fourth-order valence-electron chi connectivity index (χ4n) is 2.86. The van der Waals surface area contributed by atoms with Crippen LogP contribution in [0, 0.1) is 5.92 Å². The van der Waals surface area contributed by atoms with Crippen LogP contribution < -0.4 is 10.0 Å². The number of pyridine rings is 1. The van der Waals surface area contributed by atoms with E-state index in [1.165, 1.54) is 18.0 Å². The van der Waals surface area contributed by atoms with Crippen molar-refractivity contribution in [1.29, 1.82) is 0 Å². The van der Waals surface area contributed by atoms with Gasteiger partial charge >= 0.3 is 0 Å². The lowest BCUT2D eigenvalue weighted by atomic mass is 9.95. The van der Waals surface area contributed by atoms with E-state index in [4.69, 9.17) is 0 Å². The van der Waals surface area contributed by atoms with Crippen LogP contribution in [0.25, 0.3) is 0 Å². The molecule has 2 amide bonds. The van der Waals surface area contributed by atoms with Crippen molar-refractivity contribution in [3.8, 4) is 0 Å². The second kappa shape index (κ2) is 10.7. The highest BCUT2D eigenvalue weighted by Crippen LogP contribution is 2.15. The Balaban J connectivity index is 1.80. The minimum absolute atomic E-state index is 0.0797. The van der Waals surface area contributed by atoms with Crippen LogP contribution in [0.15, 0.2) is 48.8 Å². The van der Waals surface area contributed by atoms with Crippen molar-refractivity contribution < 1.29 is 18.0 Å². The maximum absolute atomic E-state index is 12.1. The molecule has 0 saturated heterocycles. The van der Waals surface area contributed by atoms with Crippen LogP contribution in [0.4, 0.5) is 0 Å². The zero-order chi connectivity index (χ0) is 21.3. The van der Waals surface area contributed by atoms with Gasteiger partial charge in [0.15, 0.2) is 0 Å².